The number of fused-ring (bicyclic) bond motifs is 2. The zero-order valence-corrected chi connectivity index (χ0v) is 19.4. The number of piperidine rings is 1. The second-order valence-corrected chi connectivity index (χ2v) is 9.66. The van der Waals surface area contributed by atoms with Crippen molar-refractivity contribution in [1.82, 2.24) is 10.2 Å². The van der Waals surface area contributed by atoms with Gasteiger partial charge >= 0.3 is 0 Å². The molecule has 3 aromatic carbocycles. The molecule has 0 aromatic heterocycles. The van der Waals surface area contributed by atoms with Crippen molar-refractivity contribution >= 4 is 29.2 Å². The van der Waals surface area contributed by atoms with E-state index in [9.17, 15) is 9.18 Å². The summed E-state index contributed by atoms with van der Waals surface area (Å²) in [6.45, 7) is 4.33. The number of amidine groups is 1. The quantitative estimate of drug-likeness (QED) is 0.515. The average molecular weight is 460 g/mol. The number of carbonyl (C=O) groups is 1. The van der Waals surface area contributed by atoms with E-state index in [0.29, 0.717) is 12.1 Å². The van der Waals surface area contributed by atoms with E-state index in [4.69, 9.17) is 4.99 Å². The summed E-state index contributed by atoms with van der Waals surface area (Å²) < 4.78 is 14.2. The molecule has 33 heavy (non-hydrogen) atoms. The Morgan fingerprint density at radius 3 is 2.67 bits per heavy atom. The highest BCUT2D eigenvalue weighted by molar-refractivity contribution is 7.99. The molecule has 0 spiro atoms. The number of hydrogen-bond acceptors (Lipinski definition) is 4. The second-order valence-electron chi connectivity index (χ2n) is 8.58. The van der Waals surface area contributed by atoms with Gasteiger partial charge in [0.15, 0.2) is 0 Å². The van der Waals surface area contributed by atoms with Crippen LogP contribution < -0.4 is 5.32 Å². The van der Waals surface area contributed by atoms with Gasteiger partial charge in [0.1, 0.15) is 11.7 Å². The number of nitrogens with one attached hydrogen (secondary N) is 1. The summed E-state index contributed by atoms with van der Waals surface area (Å²) in [6.07, 6.45) is 3.41. The molecule has 0 aliphatic carbocycles. The first-order valence-electron chi connectivity index (χ1n) is 11.4. The van der Waals surface area contributed by atoms with Gasteiger partial charge in [-0.25, -0.2) is 9.38 Å². The van der Waals surface area contributed by atoms with Gasteiger partial charge in [-0.15, -0.1) is 0 Å². The Morgan fingerprint density at radius 1 is 1.03 bits per heavy atom. The molecule has 1 saturated heterocycles. The van der Waals surface area contributed by atoms with Crippen LogP contribution >= 0.6 is 11.8 Å². The Kier molecular flexibility index (Phi) is 6.18. The molecular formula is C27H26FN3OS. The van der Waals surface area contributed by atoms with Gasteiger partial charge in [0, 0.05) is 40.6 Å². The molecule has 1 amide bonds. The van der Waals surface area contributed by atoms with Gasteiger partial charge in [-0.3, -0.25) is 4.79 Å². The molecule has 2 aliphatic heterocycles. The van der Waals surface area contributed by atoms with Crippen molar-refractivity contribution < 1.29 is 9.18 Å². The van der Waals surface area contributed by atoms with Crippen LogP contribution in [0.4, 0.5) is 10.1 Å². The van der Waals surface area contributed by atoms with Crippen LogP contribution in [0.2, 0.25) is 0 Å². The third-order valence-corrected chi connectivity index (χ3v) is 7.18. The number of halogens is 1. The van der Waals surface area contributed by atoms with E-state index in [0.717, 1.165) is 58.4 Å². The van der Waals surface area contributed by atoms with E-state index in [2.05, 4.69) is 16.3 Å². The number of aliphatic imine (C=N–C) groups is 1. The monoisotopic (exact) mass is 459 g/mol. The van der Waals surface area contributed by atoms with Gasteiger partial charge in [-0.2, -0.15) is 0 Å². The molecule has 1 N–H and O–H groups in total. The molecule has 0 unspecified atom stereocenters. The standard InChI is InChI=1S/C27H26FN3OS/c1-18-6-5-7-19(14-18)17-29-27(32)20-8-10-25-23(15-20)30-26(31-12-3-2-4-13-31)22-16-21(28)9-11-24(22)33-25/h5-11,14-16H,2-4,12-13,17H2,1H3,(H,29,32). The Morgan fingerprint density at radius 2 is 1.85 bits per heavy atom. The number of nitrogens with zero attached hydrogens (tertiary/aromatic N) is 2. The SMILES string of the molecule is Cc1cccc(CNC(=O)c2ccc3c(c2)N=C(N2CCCCC2)c2cc(F)ccc2S3)c1. The normalized spacial score (nSPS) is 15.2. The zero-order valence-electron chi connectivity index (χ0n) is 18.6. The van der Waals surface area contributed by atoms with Gasteiger partial charge < -0.3 is 10.2 Å². The minimum Gasteiger partial charge on any atom is -0.356 e. The van der Waals surface area contributed by atoms with Crippen molar-refractivity contribution in [1.29, 1.82) is 0 Å². The average Bonchev–Trinajstić information content (AvgIpc) is 2.99. The second kappa shape index (κ2) is 9.40. The number of rotatable bonds is 3. The molecular weight excluding hydrogens is 433 g/mol. The highest BCUT2D eigenvalue weighted by Gasteiger charge is 2.24. The molecule has 6 heteroatoms. The van der Waals surface area contributed by atoms with Crippen LogP contribution in [-0.2, 0) is 6.54 Å². The fourth-order valence-corrected chi connectivity index (χ4v) is 5.32. The van der Waals surface area contributed by atoms with Crippen LogP contribution in [0, 0.1) is 12.7 Å². The van der Waals surface area contributed by atoms with Crippen LogP contribution in [-0.4, -0.2) is 29.7 Å². The smallest absolute Gasteiger partial charge is 0.251 e. The first kappa shape index (κ1) is 21.7. The minimum absolute atomic E-state index is 0.133. The lowest BCUT2D eigenvalue weighted by atomic mass is 10.1. The molecule has 0 radical (unpaired) electrons. The van der Waals surface area contributed by atoms with Gasteiger partial charge in [-0.05, 0) is 68.1 Å². The summed E-state index contributed by atoms with van der Waals surface area (Å²) in [7, 11) is 0. The summed E-state index contributed by atoms with van der Waals surface area (Å²) in [5.41, 5.74) is 4.38. The lowest BCUT2D eigenvalue weighted by molar-refractivity contribution is 0.0951. The topological polar surface area (TPSA) is 44.7 Å². The van der Waals surface area contributed by atoms with Crippen LogP contribution in [0.3, 0.4) is 0 Å². The van der Waals surface area contributed by atoms with Crippen LogP contribution in [0.15, 0.2) is 75.4 Å². The Balaban J connectivity index is 1.46. The molecule has 4 nitrogen and oxygen atoms in total. The summed E-state index contributed by atoms with van der Waals surface area (Å²) in [6, 6.07) is 18.6. The molecule has 3 aromatic rings. The summed E-state index contributed by atoms with van der Waals surface area (Å²) in [5.74, 6) is 0.404. The summed E-state index contributed by atoms with van der Waals surface area (Å²) in [5, 5.41) is 3.01. The molecule has 1 fully saturated rings. The van der Waals surface area contributed by atoms with E-state index in [1.807, 2.05) is 49.4 Å². The van der Waals surface area contributed by atoms with E-state index in [1.165, 1.54) is 18.1 Å². The van der Waals surface area contributed by atoms with Gasteiger partial charge in [0.2, 0.25) is 0 Å². The van der Waals surface area contributed by atoms with Crippen molar-refractivity contribution in [3.63, 3.8) is 0 Å². The molecule has 0 atom stereocenters. The first-order chi connectivity index (χ1) is 16.1. The fourth-order valence-electron chi connectivity index (χ4n) is 4.34. The van der Waals surface area contributed by atoms with Gasteiger partial charge in [-0.1, -0.05) is 41.6 Å². The number of amides is 1. The van der Waals surface area contributed by atoms with Crippen molar-refractivity contribution in [3.8, 4) is 0 Å². The molecule has 168 valence electrons. The summed E-state index contributed by atoms with van der Waals surface area (Å²) in [4.78, 5) is 22.1. The maximum atomic E-state index is 14.2. The Labute approximate surface area is 197 Å². The number of carbonyl (C=O) groups excluding carboxylic acids is 1. The number of benzene rings is 3. The fraction of sp³-hybridized carbons (Fsp3) is 0.259. The van der Waals surface area contributed by atoms with Crippen molar-refractivity contribution in [2.75, 3.05) is 13.1 Å². The van der Waals surface area contributed by atoms with E-state index in [1.54, 1.807) is 17.8 Å². The first-order valence-corrected chi connectivity index (χ1v) is 12.2. The molecule has 0 saturated carbocycles. The van der Waals surface area contributed by atoms with Crippen molar-refractivity contribution in [2.24, 2.45) is 4.99 Å². The molecule has 2 aliphatic rings. The van der Waals surface area contributed by atoms with Gasteiger partial charge in [0.05, 0.1) is 5.69 Å². The van der Waals surface area contributed by atoms with Crippen LogP contribution in [0.25, 0.3) is 0 Å². The highest BCUT2D eigenvalue weighted by atomic mass is 32.2. The lowest BCUT2D eigenvalue weighted by Crippen LogP contribution is -2.36. The molecule has 2 heterocycles. The van der Waals surface area contributed by atoms with E-state index >= 15 is 0 Å². The van der Waals surface area contributed by atoms with Crippen molar-refractivity contribution in [3.05, 3.63) is 88.7 Å². The van der Waals surface area contributed by atoms with Gasteiger partial charge in [0.25, 0.3) is 5.91 Å². The summed E-state index contributed by atoms with van der Waals surface area (Å²) >= 11 is 1.57. The molecule has 5 rings (SSSR count). The molecule has 0 bridgehead atoms. The number of hydrogen-bond donors (Lipinski definition) is 1. The number of aryl methyl sites for hydroxylation is 1. The predicted molar refractivity (Wildman–Crippen MR) is 131 cm³/mol. The lowest BCUT2D eigenvalue weighted by Gasteiger charge is -2.30. The Bertz CT molecular complexity index is 1230. The number of likely N-dealkylation sites (tertiary alicyclic amines) is 1. The van der Waals surface area contributed by atoms with E-state index < -0.39 is 0 Å². The maximum Gasteiger partial charge on any atom is 0.251 e. The Hall–Kier alpha value is -3.12. The highest BCUT2D eigenvalue weighted by Crippen LogP contribution is 2.41. The third kappa shape index (κ3) is 4.81. The third-order valence-electron chi connectivity index (χ3n) is 6.04. The van der Waals surface area contributed by atoms with Crippen LogP contribution in [0.5, 0.6) is 0 Å². The van der Waals surface area contributed by atoms with Crippen LogP contribution in [0.1, 0.15) is 46.3 Å². The van der Waals surface area contributed by atoms with Crippen molar-refractivity contribution in [2.45, 2.75) is 42.5 Å². The minimum atomic E-state index is -0.263. The van der Waals surface area contributed by atoms with E-state index in [-0.39, 0.29) is 11.7 Å². The predicted octanol–water partition coefficient (Wildman–Crippen LogP) is 6.09. The maximum absolute atomic E-state index is 14.2. The largest absolute Gasteiger partial charge is 0.356 e. The zero-order chi connectivity index (χ0) is 22.8.